The highest BCUT2D eigenvalue weighted by molar-refractivity contribution is 8.00. The maximum absolute atomic E-state index is 13.0. The van der Waals surface area contributed by atoms with E-state index in [2.05, 4.69) is 10.5 Å². The normalized spacial score (nSPS) is 34.3. The molecule has 4 fully saturated rings. The summed E-state index contributed by atoms with van der Waals surface area (Å²) >= 11 is 1.50. The molecule has 4 saturated carbocycles. The van der Waals surface area contributed by atoms with Crippen LogP contribution in [-0.4, -0.2) is 46.2 Å². The van der Waals surface area contributed by atoms with E-state index in [0.717, 1.165) is 32.1 Å². The van der Waals surface area contributed by atoms with Gasteiger partial charge in [-0.3, -0.25) is 4.79 Å². The first-order chi connectivity index (χ1) is 12.9. The van der Waals surface area contributed by atoms with E-state index in [4.69, 9.17) is 15.0 Å². The van der Waals surface area contributed by atoms with E-state index in [0.29, 0.717) is 41.7 Å². The van der Waals surface area contributed by atoms with Crippen LogP contribution in [0.2, 0.25) is 0 Å². The van der Waals surface area contributed by atoms with Gasteiger partial charge in [0.25, 0.3) is 11.8 Å². The van der Waals surface area contributed by atoms with Crippen molar-refractivity contribution >= 4 is 17.7 Å². The van der Waals surface area contributed by atoms with Crippen molar-refractivity contribution in [2.75, 3.05) is 13.2 Å². The molecule has 0 saturated heterocycles. The number of hydrogen-bond acceptors (Lipinski definition) is 7. The van der Waals surface area contributed by atoms with Crippen molar-refractivity contribution in [1.82, 2.24) is 10.5 Å². The molecule has 0 radical (unpaired) electrons. The SMILES string of the molecule is CC(C)Sc1c(OCCN)noc1C(=O)N[C@H]1C2CC3CC1C[C@](O)(C3)C2. The van der Waals surface area contributed by atoms with Gasteiger partial charge in [-0.05, 0) is 55.0 Å². The number of rotatable bonds is 7. The first kappa shape index (κ1) is 19.1. The molecule has 2 atom stereocenters. The summed E-state index contributed by atoms with van der Waals surface area (Å²) in [7, 11) is 0. The summed E-state index contributed by atoms with van der Waals surface area (Å²) < 4.78 is 10.9. The average Bonchev–Trinajstić information content (AvgIpc) is 2.96. The number of aromatic nitrogens is 1. The predicted octanol–water partition coefficient (Wildman–Crippen LogP) is 2.18. The minimum Gasteiger partial charge on any atom is -0.473 e. The topological polar surface area (TPSA) is 111 Å². The number of nitrogens with zero attached hydrogens (tertiary/aromatic N) is 1. The molecule has 5 rings (SSSR count). The van der Waals surface area contributed by atoms with E-state index >= 15 is 0 Å². The van der Waals surface area contributed by atoms with Gasteiger partial charge >= 0.3 is 0 Å². The molecule has 0 spiro atoms. The first-order valence-corrected chi connectivity index (χ1v) is 10.8. The van der Waals surface area contributed by atoms with Gasteiger partial charge in [0.15, 0.2) is 0 Å². The predicted molar refractivity (Wildman–Crippen MR) is 102 cm³/mol. The standard InChI is InChI=1S/C19H29N3O4S/c1-10(2)27-16-15(26-22-18(16)25-4-3-20)17(23)21-14-12-5-11-6-13(14)9-19(24,7-11)8-12/h10-14,24H,3-9,20H2,1-2H3,(H,21,23)/t11?,12?,13?,14-,19-. The Labute approximate surface area is 163 Å². The summed E-state index contributed by atoms with van der Waals surface area (Å²) in [5, 5.41) is 18.1. The van der Waals surface area contributed by atoms with Gasteiger partial charge in [-0.15, -0.1) is 11.8 Å². The number of thioether (sulfide) groups is 1. The van der Waals surface area contributed by atoms with Gasteiger partial charge in [0.1, 0.15) is 11.5 Å². The van der Waals surface area contributed by atoms with Crippen LogP contribution in [0.3, 0.4) is 0 Å². The molecule has 150 valence electrons. The minimum atomic E-state index is -0.508. The highest BCUT2D eigenvalue weighted by Crippen LogP contribution is 2.55. The smallest absolute Gasteiger partial charge is 0.291 e. The van der Waals surface area contributed by atoms with Gasteiger partial charge in [-0.1, -0.05) is 13.8 Å². The monoisotopic (exact) mass is 395 g/mol. The van der Waals surface area contributed by atoms with Crippen molar-refractivity contribution in [3.8, 4) is 5.88 Å². The lowest BCUT2D eigenvalue weighted by Crippen LogP contribution is -2.61. The van der Waals surface area contributed by atoms with Crippen LogP contribution in [0.4, 0.5) is 0 Å². The van der Waals surface area contributed by atoms with Crippen molar-refractivity contribution < 1.29 is 19.2 Å². The Hall–Kier alpha value is -1.25. The van der Waals surface area contributed by atoms with Crippen molar-refractivity contribution in [2.45, 2.75) is 67.7 Å². The van der Waals surface area contributed by atoms with Crippen LogP contribution in [-0.2, 0) is 0 Å². The second kappa shape index (κ2) is 7.29. The second-order valence-corrected chi connectivity index (χ2v) is 10.2. The number of carbonyl (C=O) groups is 1. The molecule has 1 aromatic rings. The number of ether oxygens (including phenoxy) is 1. The second-order valence-electron chi connectivity index (χ2n) is 8.64. The molecule has 1 amide bonds. The van der Waals surface area contributed by atoms with Crippen LogP contribution in [0, 0.1) is 17.8 Å². The first-order valence-electron chi connectivity index (χ1n) is 9.91. The van der Waals surface area contributed by atoms with E-state index in [1.165, 1.54) is 11.8 Å². The van der Waals surface area contributed by atoms with Gasteiger partial charge in [-0.25, -0.2) is 0 Å². The fourth-order valence-corrected chi connectivity index (χ4v) is 6.34. The Morgan fingerprint density at radius 2 is 2.11 bits per heavy atom. The molecular formula is C19H29N3O4S. The van der Waals surface area contributed by atoms with Gasteiger partial charge in [0, 0.05) is 17.8 Å². The lowest BCUT2D eigenvalue weighted by atomic mass is 9.52. The van der Waals surface area contributed by atoms with E-state index < -0.39 is 5.60 Å². The lowest BCUT2D eigenvalue weighted by molar-refractivity contribution is -0.137. The Morgan fingerprint density at radius 1 is 1.41 bits per heavy atom. The molecule has 7 nitrogen and oxygen atoms in total. The largest absolute Gasteiger partial charge is 0.473 e. The van der Waals surface area contributed by atoms with Crippen LogP contribution in [0.15, 0.2) is 9.42 Å². The highest BCUT2D eigenvalue weighted by atomic mass is 32.2. The molecule has 4 aliphatic carbocycles. The molecule has 8 heteroatoms. The lowest BCUT2D eigenvalue weighted by Gasteiger charge is -2.58. The number of amides is 1. The molecular weight excluding hydrogens is 366 g/mol. The molecule has 1 heterocycles. The Morgan fingerprint density at radius 3 is 2.70 bits per heavy atom. The Kier molecular flexibility index (Phi) is 5.16. The number of nitrogens with two attached hydrogens (primary N) is 1. The van der Waals surface area contributed by atoms with Crippen molar-refractivity contribution in [2.24, 2.45) is 23.5 Å². The van der Waals surface area contributed by atoms with Gasteiger partial charge < -0.3 is 25.4 Å². The summed E-state index contributed by atoms with van der Waals surface area (Å²) in [5.74, 6) is 1.62. The highest BCUT2D eigenvalue weighted by Gasteiger charge is 2.55. The zero-order chi connectivity index (χ0) is 19.2. The summed E-state index contributed by atoms with van der Waals surface area (Å²) in [6.07, 6.45) is 4.71. The third kappa shape index (κ3) is 3.71. The van der Waals surface area contributed by atoms with Gasteiger partial charge in [0.2, 0.25) is 5.76 Å². The molecule has 0 aliphatic heterocycles. The van der Waals surface area contributed by atoms with Crippen molar-refractivity contribution in [3.05, 3.63) is 5.76 Å². The number of nitrogens with one attached hydrogen (secondary N) is 1. The summed E-state index contributed by atoms with van der Waals surface area (Å²) in [4.78, 5) is 13.6. The fraction of sp³-hybridized carbons (Fsp3) is 0.789. The quantitative estimate of drug-likeness (QED) is 0.607. The van der Waals surface area contributed by atoms with E-state index in [1.54, 1.807) is 0 Å². The van der Waals surface area contributed by atoms with Crippen molar-refractivity contribution in [1.29, 1.82) is 0 Å². The Bertz CT molecular complexity index is 691. The molecule has 27 heavy (non-hydrogen) atoms. The van der Waals surface area contributed by atoms with E-state index in [-0.39, 0.29) is 23.0 Å². The molecule has 4 aliphatic rings. The van der Waals surface area contributed by atoms with Crippen LogP contribution >= 0.6 is 11.8 Å². The van der Waals surface area contributed by atoms with Gasteiger partial charge in [-0.2, -0.15) is 0 Å². The third-order valence-corrected chi connectivity index (χ3v) is 7.14. The number of aliphatic hydroxyl groups is 1. The van der Waals surface area contributed by atoms with Crippen molar-refractivity contribution in [3.63, 3.8) is 0 Å². The van der Waals surface area contributed by atoms with E-state index in [9.17, 15) is 9.90 Å². The van der Waals surface area contributed by atoms with Crippen LogP contribution in [0.25, 0.3) is 0 Å². The minimum absolute atomic E-state index is 0.102. The summed E-state index contributed by atoms with van der Waals surface area (Å²) in [6, 6.07) is 0.102. The summed E-state index contributed by atoms with van der Waals surface area (Å²) in [5.41, 5.74) is 5.00. The van der Waals surface area contributed by atoms with Crippen LogP contribution in [0.1, 0.15) is 56.5 Å². The van der Waals surface area contributed by atoms with Crippen LogP contribution < -0.4 is 15.8 Å². The molecule has 4 N–H and O–H groups in total. The number of carbonyl (C=O) groups excluding carboxylic acids is 1. The zero-order valence-corrected chi connectivity index (χ0v) is 16.8. The average molecular weight is 396 g/mol. The number of hydrogen-bond donors (Lipinski definition) is 3. The van der Waals surface area contributed by atoms with Gasteiger partial charge in [0.05, 0.1) is 5.60 Å². The zero-order valence-electron chi connectivity index (χ0n) is 15.9. The van der Waals surface area contributed by atoms with Crippen LogP contribution in [0.5, 0.6) is 5.88 Å². The molecule has 2 unspecified atom stereocenters. The third-order valence-electron chi connectivity index (χ3n) is 6.08. The molecule has 1 aromatic heterocycles. The maximum atomic E-state index is 13.0. The molecule has 0 aromatic carbocycles. The Balaban J connectivity index is 1.51. The maximum Gasteiger partial charge on any atom is 0.291 e. The molecule has 4 bridgehead atoms. The van der Waals surface area contributed by atoms with E-state index in [1.807, 2.05) is 13.8 Å². The fourth-order valence-electron chi connectivity index (χ4n) is 5.43. The summed E-state index contributed by atoms with van der Waals surface area (Å²) in [6.45, 7) is 4.79.